The zero-order chi connectivity index (χ0) is 21.5. The first-order valence-electron chi connectivity index (χ1n) is 9.44. The number of rotatable bonds is 8. The molecule has 0 aliphatic carbocycles. The number of hydrogen-bond donors (Lipinski definition) is 2. The number of hydrogen-bond acceptors (Lipinski definition) is 6. The lowest BCUT2D eigenvalue weighted by molar-refractivity contribution is 0.101. The van der Waals surface area contributed by atoms with E-state index in [0.717, 1.165) is 4.88 Å². The summed E-state index contributed by atoms with van der Waals surface area (Å²) in [6.45, 7) is 0. The maximum atomic E-state index is 12.5. The van der Waals surface area contributed by atoms with Crippen LogP contribution in [0.4, 0.5) is 5.69 Å². The highest BCUT2D eigenvalue weighted by atomic mass is 32.2. The number of aromatic nitrogens is 3. The van der Waals surface area contributed by atoms with E-state index in [1.54, 1.807) is 47.7 Å². The van der Waals surface area contributed by atoms with Gasteiger partial charge in [0.2, 0.25) is 5.16 Å². The topological polar surface area (TPSA) is 87.7 Å². The first-order chi connectivity index (χ1) is 15.2. The van der Waals surface area contributed by atoms with Crippen LogP contribution >= 0.6 is 23.1 Å². The van der Waals surface area contributed by atoms with E-state index < -0.39 is 0 Å². The monoisotopic (exact) mass is 446 g/mol. The van der Waals surface area contributed by atoms with Gasteiger partial charge in [-0.2, -0.15) is 0 Å². The molecule has 6 nitrogen and oxygen atoms in total. The number of carbonyl (C=O) groups is 2. The van der Waals surface area contributed by atoms with E-state index in [1.807, 2.05) is 47.9 Å². The molecule has 0 radical (unpaired) electrons. The number of carbonyl (C=O) groups excluding carboxylic acids is 2. The summed E-state index contributed by atoms with van der Waals surface area (Å²) in [6, 6.07) is 19.8. The number of ketones is 1. The first kappa shape index (κ1) is 20.8. The number of nitrogens with one attached hydrogen (secondary N) is 2. The lowest BCUT2D eigenvalue weighted by atomic mass is 10.1. The van der Waals surface area contributed by atoms with Gasteiger partial charge in [0.1, 0.15) is 5.82 Å². The fourth-order valence-corrected chi connectivity index (χ4v) is 4.01. The molecule has 0 saturated heterocycles. The van der Waals surface area contributed by atoms with Gasteiger partial charge in [-0.3, -0.25) is 14.7 Å². The molecular formula is C23H18N4O2S2. The maximum absolute atomic E-state index is 12.5. The molecule has 8 heteroatoms. The molecule has 0 atom stereocenters. The number of H-pyrrole nitrogens is 1. The van der Waals surface area contributed by atoms with Crippen molar-refractivity contribution in [3.8, 4) is 0 Å². The number of thioether (sulfide) groups is 1. The van der Waals surface area contributed by atoms with Crippen LogP contribution in [0.5, 0.6) is 0 Å². The van der Waals surface area contributed by atoms with Crippen molar-refractivity contribution in [2.24, 2.45) is 0 Å². The van der Waals surface area contributed by atoms with Crippen molar-refractivity contribution < 1.29 is 9.59 Å². The van der Waals surface area contributed by atoms with Crippen LogP contribution < -0.4 is 5.32 Å². The van der Waals surface area contributed by atoms with Crippen LogP contribution in [0.15, 0.2) is 77.3 Å². The van der Waals surface area contributed by atoms with Crippen LogP contribution in [0.25, 0.3) is 12.2 Å². The number of nitrogens with zero attached hydrogens (tertiary/aromatic N) is 2. The molecule has 2 aromatic heterocycles. The van der Waals surface area contributed by atoms with Gasteiger partial charge in [-0.25, -0.2) is 4.98 Å². The molecule has 2 heterocycles. The predicted molar refractivity (Wildman–Crippen MR) is 126 cm³/mol. The van der Waals surface area contributed by atoms with Crippen molar-refractivity contribution in [1.29, 1.82) is 0 Å². The maximum Gasteiger partial charge on any atom is 0.255 e. The average Bonchev–Trinajstić information content (AvgIpc) is 3.49. The van der Waals surface area contributed by atoms with E-state index in [1.165, 1.54) is 11.8 Å². The fourth-order valence-electron chi connectivity index (χ4n) is 2.69. The number of Topliss-reactive ketones (excluding diaryl/α,β-unsaturated/α-hetero) is 1. The molecule has 0 saturated carbocycles. The van der Waals surface area contributed by atoms with Crippen LogP contribution in [-0.2, 0) is 0 Å². The number of aromatic amines is 1. The van der Waals surface area contributed by atoms with Gasteiger partial charge >= 0.3 is 0 Å². The Morgan fingerprint density at radius 2 is 1.77 bits per heavy atom. The number of amides is 1. The summed E-state index contributed by atoms with van der Waals surface area (Å²) < 4.78 is 0. The summed E-state index contributed by atoms with van der Waals surface area (Å²) in [5, 5.41) is 12.3. The van der Waals surface area contributed by atoms with Gasteiger partial charge in [0.25, 0.3) is 5.91 Å². The highest BCUT2D eigenvalue weighted by Gasteiger charge is 2.10. The van der Waals surface area contributed by atoms with Gasteiger partial charge in [-0.1, -0.05) is 36.0 Å². The van der Waals surface area contributed by atoms with E-state index in [-0.39, 0.29) is 17.4 Å². The van der Waals surface area contributed by atoms with Crippen LogP contribution in [0, 0.1) is 0 Å². The summed E-state index contributed by atoms with van der Waals surface area (Å²) in [5.74, 6) is 0.638. The SMILES string of the molecule is O=C(CSc1n[nH]c(/C=C/c2cccs2)n1)c1ccc(NC(=O)c2ccccc2)cc1. The summed E-state index contributed by atoms with van der Waals surface area (Å²) in [7, 11) is 0. The minimum Gasteiger partial charge on any atom is -0.322 e. The summed E-state index contributed by atoms with van der Waals surface area (Å²) in [5.41, 5.74) is 1.78. The van der Waals surface area contributed by atoms with E-state index in [4.69, 9.17) is 0 Å². The molecule has 2 N–H and O–H groups in total. The normalized spacial score (nSPS) is 11.0. The Morgan fingerprint density at radius 1 is 0.968 bits per heavy atom. The second-order valence-corrected chi connectivity index (χ2v) is 8.38. The predicted octanol–water partition coefficient (Wildman–Crippen LogP) is 5.26. The molecule has 1 amide bonds. The van der Waals surface area contributed by atoms with Gasteiger partial charge in [-0.15, -0.1) is 16.4 Å². The molecule has 0 spiro atoms. The molecule has 0 fully saturated rings. The highest BCUT2D eigenvalue weighted by molar-refractivity contribution is 7.99. The van der Waals surface area contributed by atoms with Gasteiger partial charge in [-0.05, 0) is 60.0 Å². The molecule has 0 aliphatic heterocycles. The van der Waals surface area contributed by atoms with Crippen LogP contribution in [-0.4, -0.2) is 32.6 Å². The molecule has 2 aromatic carbocycles. The fraction of sp³-hybridized carbons (Fsp3) is 0.0435. The second kappa shape index (κ2) is 10.0. The van der Waals surface area contributed by atoms with Crippen molar-refractivity contribution in [1.82, 2.24) is 15.2 Å². The summed E-state index contributed by atoms with van der Waals surface area (Å²) in [4.78, 5) is 30.2. The largest absolute Gasteiger partial charge is 0.322 e. The Morgan fingerprint density at radius 3 is 2.52 bits per heavy atom. The molecular weight excluding hydrogens is 428 g/mol. The molecule has 0 unspecified atom stereocenters. The Labute approximate surface area is 187 Å². The van der Waals surface area contributed by atoms with Crippen molar-refractivity contribution in [3.63, 3.8) is 0 Å². The molecule has 154 valence electrons. The Kier molecular flexibility index (Phi) is 6.71. The first-order valence-corrected chi connectivity index (χ1v) is 11.3. The van der Waals surface area contributed by atoms with Gasteiger partial charge in [0, 0.05) is 21.7 Å². The van der Waals surface area contributed by atoms with E-state index in [9.17, 15) is 9.59 Å². The van der Waals surface area contributed by atoms with Gasteiger partial charge in [0.05, 0.1) is 5.75 Å². The van der Waals surface area contributed by atoms with E-state index in [0.29, 0.717) is 27.8 Å². The van der Waals surface area contributed by atoms with Crippen LogP contribution in [0.3, 0.4) is 0 Å². The van der Waals surface area contributed by atoms with Gasteiger partial charge in [0.15, 0.2) is 5.78 Å². The average molecular weight is 447 g/mol. The molecule has 4 aromatic rings. The Bertz CT molecular complexity index is 1180. The smallest absolute Gasteiger partial charge is 0.255 e. The number of anilines is 1. The van der Waals surface area contributed by atoms with Crippen molar-refractivity contribution >= 4 is 52.6 Å². The lowest BCUT2D eigenvalue weighted by Gasteiger charge is -2.06. The second-order valence-electron chi connectivity index (χ2n) is 6.46. The molecule has 0 aliphatic rings. The van der Waals surface area contributed by atoms with Crippen LogP contribution in [0.1, 0.15) is 31.4 Å². The Hall–Kier alpha value is -3.49. The van der Waals surface area contributed by atoms with Crippen LogP contribution in [0.2, 0.25) is 0 Å². The molecule has 31 heavy (non-hydrogen) atoms. The van der Waals surface area contributed by atoms with Gasteiger partial charge < -0.3 is 5.32 Å². The lowest BCUT2D eigenvalue weighted by Crippen LogP contribution is -2.11. The quantitative estimate of drug-likeness (QED) is 0.285. The van der Waals surface area contributed by atoms with Crippen molar-refractivity contribution in [2.45, 2.75) is 5.16 Å². The van der Waals surface area contributed by atoms with Crippen molar-refractivity contribution in [2.75, 3.05) is 11.1 Å². The third-order valence-corrected chi connectivity index (χ3v) is 5.95. The van der Waals surface area contributed by atoms with Crippen molar-refractivity contribution in [3.05, 3.63) is 93.9 Å². The highest BCUT2D eigenvalue weighted by Crippen LogP contribution is 2.18. The number of thiophene rings is 1. The molecule has 4 rings (SSSR count). The minimum atomic E-state index is -0.191. The van der Waals surface area contributed by atoms with E-state index >= 15 is 0 Å². The summed E-state index contributed by atoms with van der Waals surface area (Å²) >= 11 is 2.92. The zero-order valence-corrected chi connectivity index (χ0v) is 18.0. The number of benzene rings is 2. The third kappa shape index (κ3) is 5.78. The molecule has 0 bridgehead atoms. The Balaban J connectivity index is 1.29. The standard InChI is InChI=1S/C23H18N4O2S2/c28-20(15-31-23-25-21(26-27-23)13-12-19-7-4-14-30-19)16-8-10-18(11-9-16)24-22(29)17-5-2-1-3-6-17/h1-14H,15H2,(H,24,29)(H,25,26,27)/b13-12+. The zero-order valence-electron chi connectivity index (χ0n) is 16.3. The third-order valence-electron chi connectivity index (χ3n) is 4.26. The minimum absolute atomic E-state index is 0.0357. The van der Waals surface area contributed by atoms with E-state index in [2.05, 4.69) is 20.5 Å². The summed E-state index contributed by atoms with van der Waals surface area (Å²) in [6.07, 6.45) is 3.82.